The van der Waals surface area contributed by atoms with Gasteiger partial charge in [-0.3, -0.25) is 0 Å². The molecule has 0 saturated carbocycles. The largest absolute Gasteiger partial charge is 0.376 e. The van der Waals surface area contributed by atoms with Gasteiger partial charge in [-0.15, -0.1) is 0 Å². The highest BCUT2D eigenvalue weighted by Crippen LogP contribution is 2.22. The number of rotatable bonds is 2. The van der Waals surface area contributed by atoms with Crippen LogP contribution in [-0.2, 0) is 11.3 Å². The maximum atomic E-state index is 5.90. The molecule has 0 bridgehead atoms. The Morgan fingerprint density at radius 2 is 2.46 bits per heavy atom. The first-order valence-corrected chi connectivity index (χ1v) is 5.00. The Hall–Kier alpha value is -0.250. The van der Waals surface area contributed by atoms with Crippen LogP contribution in [0.2, 0.25) is 10.3 Å². The zero-order chi connectivity index (χ0) is 9.26. The van der Waals surface area contributed by atoms with E-state index in [2.05, 4.69) is 4.98 Å². The van der Waals surface area contributed by atoms with E-state index in [-0.39, 0.29) is 6.10 Å². The monoisotopic (exact) mass is 220 g/mol. The van der Waals surface area contributed by atoms with Gasteiger partial charge in [-0.1, -0.05) is 23.2 Å². The van der Waals surface area contributed by atoms with Gasteiger partial charge in [0.25, 0.3) is 0 Å². The van der Waals surface area contributed by atoms with Gasteiger partial charge in [0.2, 0.25) is 0 Å². The maximum Gasteiger partial charge on any atom is 0.166 e. The molecule has 0 spiro atoms. The number of aromatic nitrogens is 2. The van der Waals surface area contributed by atoms with E-state index in [1.54, 1.807) is 6.33 Å². The lowest BCUT2D eigenvalue weighted by atomic mass is 10.2. The van der Waals surface area contributed by atoms with Crippen molar-refractivity contribution in [2.24, 2.45) is 0 Å². The molecule has 1 atom stereocenters. The van der Waals surface area contributed by atoms with E-state index in [9.17, 15) is 0 Å². The molecule has 1 aromatic heterocycles. The SMILES string of the molecule is Clc1ncn(C[C@H]2CCCO2)c1Cl. The number of ether oxygens (including phenoxy) is 1. The molecule has 2 rings (SSSR count). The molecule has 0 unspecified atom stereocenters. The predicted octanol–water partition coefficient (Wildman–Crippen LogP) is 2.37. The van der Waals surface area contributed by atoms with E-state index in [1.165, 1.54) is 0 Å². The summed E-state index contributed by atoms with van der Waals surface area (Å²) in [5.74, 6) is 0. The van der Waals surface area contributed by atoms with Gasteiger partial charge in [-0.25, -0.2) is 4.98 Å². The van der Waals surface area contributed by atoms with E-state index in [4.69, 9.17) is 27.9 Å². The van der Waals surface area contributed by atoms with Crippen molar-refractivity contribution in [3.05, 3.63) is 16.6 Å². The fourth-order valence-electron chi connectivity index (χ4n) is 1.48. The van der Waals surface area contributed by atoms with Crippen molar-refractivity contribution < 1.29 is 4.74 Å². The smallest absolute Gasteiger partial charge is 0.166 e. The van der Waals surface area contributed by atoms with Gasteiger partial charge in [-0.05, 0) is 12.8 Å². The summed E-state index contributed by atoms with van der Waals surface area (Å²) in [6.07, 6.45) is 4.13. The predicted molar refractivity (Wildman–Crippen MR) is 51.2 cm³/mol. The van der Waals surface area contributed by atoms with E-state index < -0.39 is 0 Å². The molecule has 3 nitrogen and oxygen atoms in total. The fourth-order valence-corrected chi connectivity index (χ4v) is 1.79. The van der Waals surface area contributed by atoms with Crippen molar-refractivity contribution in [2.45, 2.75) is 25.5 Å². The topological polar surface area (TPSA) is 27.1 Å². The molecular weight excluding hydrogens is 211 g/mol. The summed E-state index contributed by atoms with van der Waals surface area (Å²) in [5.41, 5.74) is 0. The van der Waals surface area contributed by atoms with Crippen molar-refractivity contribution in [2.75, 3.05) is 6.61 Å². The minimum absolute atomic E-state index is 0.266. The molecule has 1 saturated heterocycles. The van der Waals surface area contributed by atoms with Crippen LogP contribution in [0.5, 0.6) is 0 Å². The first kappa shape index (κ1) is 9.31. The van der Waals surface area contributed by atoms with Crippen LogP contribution in [0.25, 0.3) is 0 Å². The molecule has 0 aliphatic carbocycles. The van der Waals surface area contributed by atoms with Gasteiger partial charge in [0, 0.05) is 6.61 Å². The Bertz CT molecular complexity index is 294. The Morgan fingerprint density at radius 1 is 1.62 bits per heavy atom. The second-order valence-corrected chi connectivity index (χ2v) is 3.83. The second-order valence-electron chi connectivity index (χ2n) is 3.11. The highest BCUT2D eigenvalue weighted by atomic mass is 35.5. The summed E-state index contributed by atoms with van der Waals surface area (Å²) in [6, 6.07) is 0. The second kappa shape index (κ2) is 3.86. The van der Waals surface area contributed by atoms with E-state index in [1.807, 2.05) is 4.57 Å². The standard InChI is InChI=1S/C8H10Cl2N2O/c9-7-8(10)12(5-11-7)4-6-2-1-3-13-6/h5-6H,1-4H2/t6-/m1/s1. The number of imidazole rings is 1. The number of nitrogens with zero attached hydrogens (tertiary/aromatic N) is 2. The lowest BCUT2D eigenvalue weighted by Gasteiger charge is -2.10. The van der Waals surface area contributed by atoms with Crippen molar-refractivity contribution in [3.63, 3.8) is 0 Å². The lowest BCUT2D eigenvalue weighted by molar-refractivity contribution is 0.0970. The average Bonchev–Trinajstić information content (AvgIpc) is 2.71. The molecule has 1 fully saturated rings. The zero-order valence-corrected chi connectivity index (χ0v) is 8.55. The van der Waals surface area contributed by atoms with Crippen molar-refractivity contribution in [3.8, 4) is 0 Å². The third-order valence-corrected chi connectivity index (χ3v) is 2.93. The molecule has 0 amide bonds. The first-order valence-electron chi connectivity index (χ1n) is 4.25. The van der Waals surface area contributed by atoms with Crippen molar-refractivity contribution >= 4 is 23.2 Å². The van der Waals surface area contributed by atoms with Crippen LogP contribution >= 0.6 is 23.2 Å². The molecule has 13 heavy (non-hydrogen) atoms. The summed E-state index contributed by atoms with van der Waals surface area (Å²) in [6.45, 7) is 1.60. The summed E-state index contributed by atoms with van der Waals surface area (Å²) in [7, 11) is 0. The Kier molecular flexibility index (Phi) is 2.77. The molecule has 0 radical (unpaired) electrons. The third kappa shape index (κ3) is 1.98. The minimum Gasteiger partial charge on any atom is -0.376 e. The highest BCUT2D eigenvalue weighted by Gasteiger charge is 2.17. The minimum atomic E-state index is 0.266. The summed E-state index contributed by atoms with van der Waals surface area (Å²) >= 11 is 11.6. The molecule has 0 aromatic carbocycles. The molecule has 1 aliphatic rings. The van der Waals surface area contributed by atoms with Crippen molar-refractivity contribution in [1.82, 2.24) is 9.55 Å². The van der Waals surface area contributed by atoms with Crippen LogP contribution in [0.3, 0.4) is 0 Å². The quantitative estimate of drug-likeness (QED) is 0.766. The summed E-state index contributed by atoms with van der Waals surface area (Å²) in [4.78, 5) is 3.90. The average molecular weight is 221 g/mol. The first-order chi connectivity index (χ1) is 6.27. The van der Waals surface area contributed by atoms with Crippen molar-refractivity contribution in [1.29, 1.82) is 0 Å². The Morgan fingerprint density at radius 3 is 3.00 bits per heavy atom. The molecule has 72 valence electrons. The Labute approximate surface area is 86.6 Å². The normalized spacial score (nSPS) is 22.5. The maximum absolute atomic E-state index is 5.90. The van der Waals surface area contributed by atoms with Gasteiger partial charge in [0.05, 0.1) is 19.0 Å². The van der Waals surface area contributed by atoms with Crippen LogP contribution in [0, 0.1) is 0 Å². The highest BCUT2D eigenvalue weighted by molar-refractivity contribution is 6.40. The molecule has 2 heterocycles. The molecule has 5 heteroatoms. The van der Waals surface area contributed by atoms with E-state index in [0.29, 0.717) is 10.3 Å². The molecular formula is C8H10Cl2N2O. The number of halogens is 2. The van der Waals surface area contributed by atoms with Crippen LogP contribution in [0.1, 0.15) is 12.8 Å². The molecule has 1 aliphatic heterocycles. The zero-order valence-electron chi connectivity index (χ0n) is 7.04. The van der Waals surface area contributed by atoms with Crippen LogP contribution < -0.4 is 0 Å². The van der Waals surface area contributed by atoms with Crippen LogP contribution in [0.4, 0.5) is 0 Å². The van der Waals surface area contributed by atoms with E-state index in [0.717, 1.165) is 26.0 Å². The summed E-state index contributed by atoms with van der Waals surface area (Å²) in [5, 5.41) is 0.858. The third-order valence-electron chi connectivity index (χ3n) is 2.16. The Balaban J connectivity index is 2.04. The van der Waals surface area contributed by atoms with Gasteiger partial charge in [0.15, 0.2) is 5.15 Å². The van der Waals surface area contributed by atoms with Gasteiger partial charge in [0.1, 0.15) is 5.15 Å². The number of hydrogen-bond donors (Lipinski definition) is 0. The summed E-state index contributed by atoms with van der Waals surface area (Å²) < 4.78 is 7.29. The van der Waals surface area contributed by atoms with Gasteiger partial charge in [-0.2, -0.15) is 0 Å². The van der Waals surface area contributed by atoms with Crippen LogP contribution in [0.15, 0.2) is 6.33 Å². The lowest BCUT2D eigenvalue weighted by Crippen LogP contribution is -2.14. The van der Waals surface area contributed by atoms with Crippen LogP contribution in [-0.4, -0.2) is 22.3 Å². The van der Waals surface area contributed by atoms with Gasteiger partial charge < -0.3 is 9.30 Å². The molecule has 1 aromatic rings. The fraction of sp³-hybridized carbons (Fsp3) is 0.625. The number of hydrogen-bond acceptors (Lipinski definition) is 2. The van der Waals surface area contributed by atoms with E-state index >= 15 is 0 Å². The van der Waals surface area contributed by atoms with Gasteiger partial charge >= 0.3 is 0 Å². The molecule has 0 N–H and O–H groups in total.